The third-order valence-electron chi connectivity index (χ3n) is 5.77. The lowest BCUT2D eigenvalue weighted by molar-refractivity contribution is 0.141. The molecular formula is C20H24N6O. The van der Waals surface area contributed by atoms with Crippen LogP contribution in [0.4, 0.5) is 5.82 Å². The molecule has 2 aliphatic rings. The van der Waals surface area contributed by atoms with E-state index in [1.165, 1.54) is 0 Å². The van der Waals surface area contributed by atoms with Gasteiger partial charge in [0.2, 0.25) is 0 Å². The first-order valence-corrected chi connectivity index (χ1v) is 9.58. The van der Waals surface area contributed by atoms with Gasteiger partial charge in [-0.3, -0.25) is 4.68 Å². The fraction of sp³-hybridized carbons (Fsp3) is 0.450. The van der Waals surface area contributed by atoms with Crippen LogP contribution in [0.2, 0.25) is 0 Å². The van der Waals surface area contributed by atoms with Gasteiger partial charge < -0.3 is 14.9 Å². The van der Waals surface area contributed by atoms with Crippen LogP contribution in [-0.2, 0) is 0 Å². The van der Waals surface area contributed by atoms with E-state index in [0.29, 0.717) is 19.1 Å². The first-order chi connectivity index (χ1) is 13.2. The molecule has 2 aliphatic heterocycles. The molecule has 2 fully saturated rings. The molecule has 0 aliphatic carbocycles. The minimum Gasteiger partial charge on any atom is -0.389 e. The number of hydrogen-bond donors (Lipinski definition) is 1. The summed E-state index contributed by atoms with van der Waals surface area (Å²) in [6, 6.07) is 6.79. The lowest BCUT2D eigenvalue weighted by Gasteiger charge is -2.37. The van der Waals surface area contributed by atoms with Gasteiger partial charge in [-0.1, -0.05) is 6.07 Å². The third-order valence-corrected chi connectivity index (χ3v) is 5.77. The van der Waals surface area contributed by atoms with Crippen molar-refractivity contribution < 1.29 is 5.11 Å². The number of nitrogens with zero attached hydrogens (tertiary/aromatic N) is 6. The van der Waals surface area contributed by atoms with Crippen LogP contribution in [0.15, 0.2) is 36.9 Å². The Bertz CT molecular complexity index is 956. The highest BCUT2D eigenvalue weighted by Crippen LogP contribution is 2.31. The zero-order valence-corrected chi connectivity index (χ0v) is 15.5. The first-order valence-electron chi connectivity index (χ1n) is 9.58. The highest BCUT2D eigenvalue weighted by Gasteiger charge is 2.27. The number of β-amino-alcohol motifs (C(OH)–C–C–N with tert-alkyl or cyclic N) is 1. The Labute approximate surface area is 158 Å². The molecule has 0 bridgehead atoms. The van der Waals surface area contributed by atoms with Crippen molar-refractivity contribution in [3.63, 3.8) is 0 Å². The molecule has 27 heavy (non-hydrogen) atoms. The van der Waals surface area contributed by atoms with E-state index in [0.717, 1.165) is 53.8 Å². The zero-order chi connectivity index (χ0) is 18.4. The maximum Gasteiger partial charge on any atom is 0.140 e. The van der Waals surface area contributed by atoms with E-state index < -0.39 is 0 Å². The quantitative estimate of drug-likeness (QED) is 0.766. The maximum absolute atomic E-state index is 9.57. The van der Waals surface area contributed by atoms with Gasteiger partial charge in [-0.2, -0.15) is 5.10 Å². The number of aliphatic hydroxyl groups excluding tert-OH is 1. The number of aliphatic hydroxyl groups is 1. The fourth-order valence-electron chi connectivity index (χ4n) is 4.05. The van der Waals surface area contributed by atoms with Gasteiger partial charge in [0.25, 0.3) is 0 Å². The molecule has 0 amide bonds. The molecule has 0 unspecified atom stereocenters. The summed E-state index contributed by atoms with van der Waals surface area (Å²) in [5.41, 5.74) is 3.16. The largest absolute Gasteiger partial charge is 0.389 e. The van der Waals surface area contributed by atoms with Crippen molar-refractivity contribution in [2.45, 2.75) is 25.0 Å². The number of benzene rings is 1. The summed E-state index contributed by atoms with van der Waals surface area (Å²) in [5.74, 6) is 0.902. The van der Waals surface area contributed by atoms with Gasteiger partial charge in [-0.15, -0.1) is 0 Å². The van der Waals surface area contributed by atoms with Gasteiger partial charge in [0, 0.05) is 30.2 Å². The van der Waals surface area contributed by atoms with E-state index in [9.17, 15) is 5.11 Å². The molecule has 7 nitrogen and oxygen atoms in total. The number of rotatable bonds is 3. The number of piperidine rings is 1. The van der Waals surface area contributed by atoms with E-state index in [1.807, 2.05) is 6.20 Å². The van der Waals surface area contributed by atoms with E-state index in [1.54, 1.807) is 6.33 Å². The molecule has 4 heterocycles. The lowest BCUT2D eigenvalue weighted by Crippen LogP contribution is -2.51. The van der Waals surface area contributed by atoms with Crippen molar-refractivity contribution in [2.24, 2.45) is 0 Å². The summed E-state index contributed by atoms with van der Waals surface area (Å²) in [7, 11) is 2.18. The molecule has 0 radical (unpaired) electrons. The summed E-state index contributed by atoms with van der Waals surface area (Å²) in [6.07, 6.45) is 7.76. The van der Waals surface area contributed by atoms with Crippen molar-refractivity contribution >= 4 is 16.7 Å². The Morgan fingerprint density at radius 1 is 1.07 bits per heavy atom. The summed E-state index contributed by atoms with van der Waals surface area (Å²) in [4.78, 5) is 13.3. The second kappa shape index (κ2) is 6.58. The molecule has 5 rings (SSSR count). The SMILES string of the molecule is CN1CCC(n2cc(-c3ccc4c(N5CC(O)C5)ncnc4c3)cn2)CC1. The zero-order valence-electron chi connectivity index (χ0n) is 15.5. The highest BCUT2D eigenvalue weighted by atomic mass is 16.3. The molecule has 1 aromatic carbocycles. The second-order valence-electron chi connectivity index (χ2n) is 7.73. The molecule has 7 heteroatoms. The first kappa shape index (κ1) is 16.6. The van der Waals surface area contributed by atoms with Crippen LogP contribution in [0.1, 0.15) is 18.9 Å². The van der Waals surface area contributed by atoms with Crippen LogP contribution in [0.5, 0.6) is 0 Å². The average molecular weight is 364 g/mol. The molecule has 2 aromatic heterocycles. The van der Waals surface area contributed by atoms with Crippen LogP contribution in [0.25, 0.3) is 22.0 Å². The highest BCUT2D eigenvalue weighted by molar-refractivity contribution is 5.92. The minimum absolute atomic E-state index is 0.250. The van der Waals surface area contributed by atoms with Crippen LogP contribution in [-0.4, -0.2) is 69.1 Å². The summed E-state index contributed by atoms with van der Waals surface area (Å²) in [5, 5.41) is 15.2. The molecule has 0 saturated carbocycles. The fourth-order valence-corrected chi connectivity index (χ4v) is 4.05. The Kier molecular flexibility index (Phi) is 4.06. The normalized spacial score (nSPS) is 19.6. The number of fused-ring (bicyclic) bond motifs is 1. The standard InChI is InChI=1S/C20H24N6O/c1-24-6-4-16(5-7-24)26-10-15(9-23-26)14-2-3-18-19(8-14)21-13-22-20(18)25-11-17(27)12-25/h2-3,8-10,13,16-17,27H,4-7,11-12H2,1H3. The second-order valence-corrected chi connectivity index (χ2v) is 7.73. The van der Waals surface area contributed by atoms with Crippen LogP contribution < -0.4 is 4.90 Å². The molecule has 3 aromatic rings. The Morgan fingerprint density at radius 3 is 2.67 bits per heavy atom. The van der Waals surface area contributed by atoms with Crippen LogP contribution >= 0.6 is 0 Å². The van der Waals surface area contributed by atoms with Crippen molar-refractivity contribution in [1.82, 2.24) is 24.6 Å². The number of likely N-dealkylation sites (tertiary alicyclic amines) is 1. The average Bonchev–Trinajstić information content (AvgIpc) is 3.15. The summed E-state index contributed by atoms with van der Waals surface area (Å²) < 4.78 is 2.12. The summed E-state index contributed by atoms with van der Waals surface area (Å²) >= 11 is 0. The molecular weight excluding hydrogens is 340 g/mol. The molecule has 1 N–H and O–H groups in total. The monoisotopic (exact) mass is 364 g/mol. The lowest BCUT2D eigenvalue weighted by atomic mass is 10.0. The van der Waals surface area contributed by atoms with Crippen molar-refractivity contribution in [2.75, 3.05) is 38.1 Å². The minimum atomic E-state index is -0.250. The smallest absolute Gasteiger partial charge is 0.140 e. The van der Waals surface area contributed by atoms with Gasteiger partial charge in [-0.05, 0) is 50.7 Å². The molecule has 0 atom stereocenters. The number of anilines is 1. The van der Waals surface area contributed by atoms with Crippen molar-refractivity contribution in [1.29, 1.82) is 0 Å². The molecule has 0 spiro atoms. The predicted molar refractivity (Wildman–Crippen MR) is 105 cm³/mol. The van der Waals surface area contributed by atoms with Crippen molar-refractivity contribution in [3.05, 3.63) is 36.9 Å². The van der Waals surface area contributed by atoms with Crippen LogP contribution in [0.3, 0.4) is 0 Å². The van der Waals surface area contributed by atoms with Gasteiger partial charge in [0.05, 0.1) is 23.9 Å². The van der Waals surface area contributed by atoms with E-state index >= 15 is 0 Å². The van der Waals surface area contributed by atoms with Crippen molar-refractivity contribution in [3.8, 4) is 11.1 Å². The van der Waals surface area contributed by atoms with Crippen LogP contribution in [0, 0.1) is 0 Å². The topological polar surface area (TPSA) is 70.3 Å². The molecule has 2 saturated heterocycles. The third kappa shape index (κ3) is 3.07. The maximum atomic E-state index is 9.57. The van der Waals surface area contributed by atoms with Gasteiger partial charge in [-0.25, -0.2) is 9.97 Å². The van der Waals surface area contributed by atoms with Gasteiger partial charge in [0.1, 0.15) is 12.1 Å². The summed E-state index contributed by atoms with van der Waals surface area (Å²) in [6.45, 7) is 3.52. The van der Waals surface area contributed by atoms with Gasteiger partial charge >= 0.3 is 0 Å². The molecule has 140 valence electrons. The van der Waals surface area contributed by atoms with E-state index in [4.69, 9.17) is 0 Å². The Hall–Kier alpha value is -2.51. The Balaban J connectivity index is 1.42. The Morgan fingerprint density at radius 2 is 1.89 bits per heavy atom. The van der Waals surface area contributed by atoms with Gasteiger partial charge in [0.15, 0.2) is 0 Å². The predicted octanol–water partition coefficient (Wildman–Crippen LogP) is 1.94. The number of aromatic nitrogens is 4. The van der Waals surface area contributed by atoms with E-state index in [2.05, 4.69) is 61.0 Å². The van der Waals surface area contributed by atoms with E-state index in [-0.39, 0.29) is 6.10 Å². The number of hydrogen-bond acceptors (Lipinski definition) is 6.